The molecule has 0 saturated heterocycles. The van der Waals surface area contributed by atoms with Crippen LogP contribution in [0.2, 0.25) is 0 Å². The van der Waals surface area contributed by atoms with Gasteiger partial charge in [0.25, 0.3) is 5.91 Å². The van der Waals surface area contributed by atoms with Crippen LogP contribution in [0, 0.1) is 6.92 Å². The lowest BCUT2D eigenvalue weighted by Gasteiger charge is -2.17. The van der Waals surface area contributed by atoms with Crippen LogP contribution in [0.5, 0.6) is 0 Å². The largest absolute Gasteiger partial charge is 0.397 e. The van der Waals surface area contributed by atoms with Crippen LogP contribution in [-0.4, -0.2) is 35.6 Å². The van der Waals surface area contributed by atoms with E-state index in [-0.39, 0.29) is 10.6 Å². The van der Waals surface area contributed by atoms with Crippen molar-refractivity contribution in [3.05, 3.63) is 22.7 Å². The Morgan fingerprint density at radius 1 is 1.48 bits per heavy atom. The molecule has 0 atom stereocenters. The van der Waals surface area contributed by atoms with Crippen LogP contribution in [0.1, 0.15) is 21.7 Å². The Bertz CT molecular complexity index is 681. The van der Waals surface area contributed by atoms with Crippen molar-refractivity contribution in [2.45, 2.75) is 19.5 Å². The van der Waals surface area contributed by atoms with Crippen LogP contribution in [0.3, 0.4) is 0 Å². The number of nitrogens with two attached hydrogens (primary N) is 1. The standard InChI is InChI=1S/C13H14F3N3OS/c1-7-3-5-18-11-8(7)9(17)10(21-11)12(20)19(2)6-4-13(14,15)16/h3,5H,4,6,17H2,1-2H3. The summed E-state index contributed by atoms with van der Waals surface area (Å²) in [5, 5.41) is 0.690. The molecule has 21 heavy (non-hydrogen) atoms. The number of rotatable bonds is 3. The molecule has 0 aliphatic heterocycles. The number of carbonyl (C=O) groups excluding carboxylic acids is 1. The van der Waals surface area contributed by atoms with Gasteiger partial charge in [0.05, 0.1) is 12.1 Å². The quantitative estimate of drug-likeness (QED) is 0.945. The number of nitrogens with zero attached hydrogens (tertiary/aromatic N) is 2. The van der Waals surface area contributed by atoms with Crippen molar-refractivity contribution >= 4 is 33.1 Å². The highest BCUT2D eigenvalue weighted by molar-refractivity contribution is 7.21. The summed E-state index contributed by atoms with van der Waals surface area (Å²) in [6.45, 7) is 1.44. The normalized spacial score (nSPS) is 11.9. The number of fused-ring (bicyclic) bond motifs is 1. The number of thiophene rings is 1. The zero-order chi connectivity index (χ0) is 15.8. The Morgan fingerprint density at radius 2 is 2.14 bits per heavy atom. The highest BCUT2D eigenvalue weighted by Crippen LogP contribution is 2.35. The minimum absolute atomic E-state index is 0.233. The number of carbonyl (C=O) groups is 1. The molecule has 1 amide bonds. The number of aryl methyl sites for hydroxylation is 1. The fraction of sp³-hybridized carbons (Fsp3) is 0.385. The Hall–Kier alpha value is -1.83. The van der Waals surface area contributed by atoms with E-state index >= 15 is 0 Å². The van der Waals surface area contributed by atoms with Crippen LogP contribution in [0.25, 0.3) is 10.2 Å². The molecule has 0 spiro atoms. The van der Waals surface area contributed by atoms with Gasteiger partial charge in [0.2, 0.25) is 0 Å². The smallest absolute Gasteiger partial charge is 0.390 e. The lowest BCUT2D eigenvalue weighted by molar-refractivity contribution is -0.136. The van der Waals surface area contributed by atoms with Crippen molar-refractivity contribution in [3.63, 3.8) is 0 Å². The number of aromatic nitrogens is 1. The van der Waals surface area contributed by atoms with Gasteiger partial charge < -0.3 is 10.6 Å². The molecule has 4 nitrogen and oxygen atoms in total. The molecule has 0 radical (unpaired) electrons. The molecular formula is C13H14F3N3OS. The maximum atomic E-state index is 12.2. The number of nitrogen functional groups attached to an aromatic ring is 1. The van der Waals surface area contributed by atoms with E-state index in [1.807, 2.05) is 6.92 Å². The highest BCUT2D eigenvalue weighted by Gasteiger charge is 2.29. The molecule has 2 rings (SSSR count). The van der Waals surface area contributed by atoms with Gasteiger partial charge in [-0.2, -0.15) is 13.2 Å². The van der Waals surface area contributed by atoms with Gasteiger partial charge in [0.15, 0.2) is 0 Å². The molecule has 2 aromatic heterocycles. The maximum absolute atomic E-state index is 12.2. The Balaban J connectivity index is 2.27. The summed E-state index contributed by atoms with van der Waals surface area (Å²) >= 11 is 1.10. The predicted octanol–water partition coefficient (Wildman–Crippen LogP) is 3.21. The van der Waals surface area contributed by atoms with Gasteiger partial charge in [-0.1, -0.05) is 0 Å². The summed E-state index contributed by atoms with van der Waals surface area (Å²) in [7, 11) is 1.33. The van der Waals surface area contributed by atoms with Crippen LogP contribution >= 0.6 is 11.3 Å². The predicted molar refractivity (Wildman–Crippen MR) is 76.4 cm³/mol. The topological polar surface area (TPSA) is 59.2 Å². The van der Waals surface area contributed by atoms with E-state index in [0.29, 0.717) is 10.2 Å². The molecule has 114 valence electrons. The number of anilines is 1. The van der Waals surface area contributed by atoms with E-state index in [1.165, 1.54) is 7.05 Å². The fourth-order valence-corrected chi connectivity index (χ4v) is 3.07. The van der Waals surface area contributed by atoms with Gasteiger partial charge in [-0.05, 0) is 18.6 Å². The average molecular weight is 317 g/mol. The first kappa shape index (κ1) is 15.6. The lowest BCUT2D eigenvalue weighted by atomic mass is 10.1. The molecule has 0 bridgehead atoms. The minimum atomic E-state index is -4.29. The van der Waals surface area contributed by atoms with Crippen molar-refractivity contribution in [2.24, 2.45) is 0 Å². The third-order valence-electron chi connectivity index (χ3n) is 3.11. The van der Waals surface area contributed by atoms with Crippen molar-refractivity contribution in [1.29, 1.82) is 0 Å². The second kappa shape index (κ2) is 5.51. The van der Waals surface area contributed by atoms with Crippen molar-refractivity contribution < 1.29 is 18.0 Å². The SMILES string of the molecule is Cc1ccnc2sc(C(=O)N(C)CCC(F)(F)F)c(N)c12. The zero-order valence-corrected chi connectivity index (χ0v) is 12.3. The van der Waals surface area contributed by atoms with Crippen molar-refractivity contribution in [2.75, 3.05) is 19.3 Å². The van der Waals surface area contributed by atoms with E-state index in [0.717, 1.165) is 21.8 Å². The summed E-state index contributed by atoms with van der Waals surface area (Å²) in [6, 6.07) is 1.77. The van der Waals surface area contributed by atoms with Gasteiger partial charge in [0, 0.05) is 25.2 Å². The van der Waals surface area contributed by atoms with Crippen LogP contribution < -0.4 is 5.73 Å². The highest BCUT2D eigenvalue weighted by atomic mass is 32.1. The Morgan fingerprint density at radius 3 is 2.71 bits per heavy atom. The first-order valence-electron chi connectivity index (χ1n) is 6.16. The Kier molecular flexibility index (Phi) is 4.08. The third kappa shape index (κ3) is 3.26. The lowest BCUT2D eigenvalue weighted by Crippen LogP contribution is -2.30. The number of amides is 1. The zero-order valence-electron chi connectivity index (χ0n) is 11.5. The molecule has 0 fully saturated rings. The van der Waals surface area contributed by atoms with Gasteiger partial charge in [-0.25, -0.2) is 4.98 Å². The van der Waals surface area contributed by atoms with E-state index in [4.69, 9.17) is 5.73 Å². The summed E-state index contributed by atoms with van der Waals surface area (Å²) in [5.74, 6) is -0.515. The van der Waals surface area contributed by atoms with Crippen LogP contribution in [0.15, 0.2) is 12.3 Å². The first-order valence-corrected chi connectivity index (χ1v) is 6.98. The number of pyridine rings is 1. The average Bonchev–Trinajstić information content (AvgIpc) is 2.73. The van der Waals surface area contributed by atoms with Gasteiger partial charge in [-0.15, -0.1) is 11.3 Å². The molecule has 0 aliphatic rings. The maximum Gasteiger partial charge on any atom is 0.390 e. The van der Waals surface area contributed by atoms with Crippen LogP contribution in [-0.2, 0) is 0 Å². The molecule has 0 saturated carbocycles. The minimum Gasteiger partial charge on any atom is -0.397 e. The van der Waals surface area contributed by atoms with Gasteiger partial charge in [0.1, 0.15) is 9.71 Å². The summed E-state index contributed by atoms with van der Waals surface area (Å²) in [6.07, 6.45) is -3.73. The first-order chi connectivity index (χ1) is 9.70. The second-order valence-electron chi connectivity index (χ2n) is 4.74. The summed E-state index contributed by atoms with van der Waals surface area (Å²) < 4.78 is 36.6. The fourth-order valence-electron chi connectivity index (χ4n) is 1.93. The van der Waals surface area contributed by atoms with Gasteiger partial charge >= 0.3 is 6.18 Å². The van der Waals surface area contributed by atoms with E-state index in [9.17, 15) is 18.0 Å². The van der Waals surface area contributed by atoms with Crippen molar-refractivity contribution in [3.8, 4) is 0 Å². The van der Waals surface area contributed by atoms with E-state index in [1.54, 1.807) is 12.3 Å². The summed E-state index contributed by atoms with van der Waals surface area (Å²) in [5.41, 5.74) is 7.12. The van der Waals surface area contributed by atoms with E-state index in [2.05, 4.69) is 4.98 Å². The second-order valence-corrected chi connectivity index (χ2v) is 5.74. The molecule has 0 aromatic carbocycles. The van der Waals surface area contributed by atoms with E-state index < -0.39 is 25.0 Å². The van der Waals surface area contributed by atoms with Crippen LogP contribution in [0.4, 0.5) is 18.9 Å². The number of halogens is 3. The van der Waals surface area contributed by atoms with Crippen molar-refractivity contribution in [1.82, 2.24) is 9.88 Å². The molecular weight excluding hydrogens is 303 g/mol. The number of hydrogen-bond acceptors (Lipinski definition) is 4. The number of alkyl halides is 3. The summed E-state index contributed by atoms with van der Waals surface area (Å²) in [4.78, 5) is 18.2. The molecule has 2 aromatic rings. The molecule has 2 heterocycles. The molecule has 8 heteroatoms. The molecule has 0 unspecified atom stereocenters. The molecule has 0 aliphatic carbocycles. The van der Waals surface area contributed by atoms with Gasteiger partial charge in [-0.3, -0.25) is 4.79 Å². The third-order valence-corrected chi connectivity index (χ3v) is 4.21. The monoisotopic (exact) mass is 317 g/mol. The Labute approximate surface area is 123 Å². The number of hydrogen-bond donors (Lipinski definition) is 1. The molecule has 2 N–H and O–H groups in total.